The van der Waals surface area contributed by atoms with Crippen LogP contribution in [0.2, 0.25) is 0 Å². The van der Waals surface area contributed by atoms with E-state index in [0.717, 1.165) is 23.5 Å². The molecule has 0 unspecified atom stereocenters. The number of nitro groups is 1. The second kappa shape index (κ2) is 4.94. The molecule has 1 amide bonds. The van der Waals surface area contributed by atoms with E-state index < -0.39 is 22.5 Å². The van der Waals surface area contributed by atoms with Crippen LogP contribution in [0.15, 0.2) is 18.2 Å². The summed E-state index contributed by atoms with van der Waals surface area (Å²) in [5.41, 5.74) is -0.365. The standard InChI is InChI=1S/C9H5FN4O4S/c10-5-3-4(1-2-6(5)14(17)18)7-12-13-8(19-7)11-9(15)16/h1-3H,(H,11,13)(H,15,16). The maximum atomic E-state index is 13.4. The zero-order chi connectivity index (χ0) is 14.0. The summed E-state index contributed by atoms with van der Waals surface area (Å²) in [6, 6.07) is 3.27. The Labute approximate surface area is 108 Å². The lowest BCUT2D eigenvalue weighted by atomic mass is 10.2. The van der Waals surface area contributed by atoms with Crippen molar-refractivity contribution in [3.8, 4) is 10.6 Å². The molecule has 0 aliphatic rings. The Hall–Kier alpha value is -2.62. The van der Waals surface area contributed by atoms with Gasteiger partial charge >= 0.3 is 11.8 Å². The van der Waals surface area contributed by atoms with Crippen molar-refractivity contribution < 1.29 is 19.2 Å². The second-order valence-electron chi connectivity index (χ2n) is 3.27. The molecule has 0 atom stereocenters. The van der Waals surface area contributed by atoms with Crippen LogP contribution in [0.5, 0.6) is 0 Å². The maximum Gasteiger partial charge on any atom is 0.411 e. The van der Waals surface area contributed by atoms with Crippen LogP contribution in [-0.4, -0.2) is 26.3 Å². The van der Waals surface area contributed by atoms with Crippen molar-refractivity contribution in [2.75, 3.05) is 5.32 Å². The van der Waals surface area contributed by atoms with Gasteiger partial charge in [-0.1, -0.05) is 11.3 Å². The first-order valence-electron chi connectivity index (χ1n) is 4.75. The largest absolute Gasteiger partial charge is 0.465 e. The number of hydrogen-bond donors (Lipinski definition) is 2. The molecule has 1 heterocycles. The van der Waals surface area contributed by atoms with Crippen molar-refractivity contribution in [1.29, 1.82) is 0 Å². The van der Waals surface area contributed by atoms with E-state index >= 15 is 0 Å². The summed E-state index contributed by atoms with van der Waals surface area (Å²) in [4.78, 5) is 20.0. The summed E-state index contributed by atoms with van der Waals surface area (Å²) in [5, 5.41) is 28.4. The maximum absolute atomic E-state index is 13.4. The van der Waals surface area contributed by atoms with Crippen molar-refractivity contribution in [1.82, 2.24) is 10.2 Å². The van der Waals surface area contributed by atoms with E-state index in [1.807, 2.05) is 5.32 Å². The number of rotatable bonds is 3. The van der Waals surface area contributed by atoms with Gasteiger partial charge in [0.15, 0.2) is 0 Å². The number of halogens is 1. The molecule has 19 heavy (non-hydrogen) atoms. The average molecular weight is 284 g/mol. The van der Waals surface area contributed by atoms with E-state index in [-0.39, 0.29) is 15.7 Å². The van der Waals surface area contributed by atoms with E-state index in [1.54, 1.807) is 0 Å². The summed E-state index contributed by atoms with van der Waals surface area (Å²) in [5.74, 6) is -0.995. The van der Waals surface area contributed by atoms with Crippen molar-refractivity contribution >= 4 is 28.2 Å². The fraction of sp³-hybridized carbons (Fsp3) is 0. The zero-order valence-corrected chi connectivity index (χ0v) is 9.85. The van der Waals surface area contributed by atoms with Crippen molar-refractivity contribution in [3.63, 3.8) is 0 Å². The van der Waals surface area contributed by atoms with Gasteiger partial charge in [-0.25, -0.2) is 4.79 Å². The Bertz CT molecular complexity index is 659. The minimum absolute atomic E-state index is 0.0289. The molecular weight excluding hydrogens is 279 g/mol. The fourth-order valence-corrected chi connectivity index (χ4v) is 2.00. The number of nitrogens with one attached hydrogen (secondary N) is 1. The van der Waals surface area contributed by atoms with Gasteiger partial charge in [-0.3, -0.25) is 15.4 Å². The van der Waals surface area contributed by atoms with Crippen LogP contribution in [0.4, 0.5) is 20.0 Å². The molecule has 8 nitrogen and oxygen atoms in total. The fourth-order valence-electron chi connectivity index (χ4n) is 1.27. The minimum atomic E-state index is -1.29. The minimum Gasteiger partial charge on any atom is -0.465 e. The van der Waals surface area contributed by atoms with E-state index in [2.05, 4.69) is 10.2 Å². The van der Waals surface area contributed by atoms with Crippen LogP contribution in [0.1, 0.15) is 0 Å². The molecule has 1 aromatic carbocycles. The summed E-state index contributed by atoms with van der Waals surface area (Å²) in [6.45, 7) is 0. The number of amides is 1. The van der Waals surface area contributed by atoms with Crippen LogP contribution >= 0.6 is 11.3 Å². The molecular formula is C9H5FN4O4S. The third-order valence-corrected chi connectivity index (χ3v) is 2.92. The van der Waals surface area contributed by atoms with Crippen molar-refractivity contribution in [3.05, 3.63) is 34.1 Å². The number of nitro benzene ring substituents is 1. The number of carboxylic acid groups (broad SMARTS) is 1. The van der Waals surface area contributed by atoms with Crippen LogP contribution in [0, 0.1) is 15.9 Å². The molecule has 0 radical (unpaired) electrons. The molecule has 0 spiro atoms. The summed E-state index contributed by atoms with van der Waals surface area (Å²) >= 11 is 0.887. The van der Waals surface area contributed by atoms with Gasteiger partial charge in [-0.05, 0) is 12.1 Å². The lowest BCUT2D eigenvalue weighted by Gasteiger charge is -1.97. The second-order valence-corrected chi connectivity index (χ2v) is 4.24. The van der Waals surface area contributed by atoms with Crippen LogP contribution in [0.3, 0.4) is 0 Å². The highest BCUT2D eigenvalue weighted by atomic mass is 32.1. The van der Waals surface area contributed by atoms with Gasteiger partial charge in [0.1, 0.15) is 5.01 Å². The number of anilines is 1. The lowest BCUT2D eigenvalue weighted by Crippen LogP contribution is -2.06. The number of carbonyl (C=O) groups is 1. The zero-order valence-electron chi connectivity index (χ0n) is 9.03. The first kappa shape index (κ1) is 12.8. The SMILES string of the molecule is O=C(O)Nc1nnc(-c2ccc([N+](=O)[O-])c(F)c2)s1. The average Bonchev–Trinajstić information content (AvgIpc) is 2.75. The van der Waals surface area contributed by atoms with Crippen molar-refractivity contribution in [2.24, 2.45) is 0 Å². The Kier molecular flexibility index (Phi) is 3.33. The topological polar surface area (TPSA) is 118 Å². The molecule has 10 heteroatoms. The Morgan fingerprint density at radius 2 is 2.21 bits per heavy atom. The first-order valence-corrected chi connectivity index (χ1v) is 5.57. The Balaban J connectivity index is 2.32. The molecule has 2 N–H and O–H groups in total. The van der Waals surface area contributed by atoms with Gasteiger partial charge < -0.3 is 5.11 Å². The Morgan fingerprint density at radius 3 is 2.79 bits per heavy atom. The van der Waals surface area contributed by atoms with E-state index in [0.29, 0.717) is 0 Å². The van der Waals surface area contributed by atoms with Gasteiger partial charge in [0.2, 0.25) is 10.9 Å². The van der Waals surface area contributed by atoms with Crippen LogP contribution < -0.4 is 5.32 Å². The molecule has 0 bridgehead atoms. The van der Waals surface area contributed by atoms with Gasteiger partial charge in [0.05, 0.1) is 4.92 Å². The number of nitrogens with zero attached hydrogens (tertiary/aromatic N) is 3. The predicted molar refractivity (Wildman–Crippen MR) is 63.6 cm³/mol. The van der Waals surface area contributed by atoms with E-state index in [4.69, 9.17) is 5.11 Å². The van der Waals surface area contributed by atoms with Gasteiger partial charge in [-0.15, -0.1) is 10.2 Å². The van der Waals surface area contributed by atoms with Crippen LogP contribution in [-0.2, 0) is 0 Å². The third-order valence-electron chi connectivity index (χ3n) is 2.03. The summed E-state index contributed by atoms with van der Waals surface area (Å²) in [6.07, 6.45) is -1.29. The highest BCUT2D eigenvalue weighted by Gasteiger charge is 2.16. The highest BCUT2D eigenvalue weighted by molar-refractivity contribution is 7.18. The molecule has 0 saturated heterocycles. The molecule has 0 aliphatic heterocycles. The normalized spacial score (nSPS) is 10.2. The smallest absolute Gasteiger partial charge is 0.411 e. The van der Waals surface area contributed by atoms with Crippen LogP contribution in [0.25, 0.3) is 10.6 Å². The van der Waals surface area contributed by atoms with E-state index in [9.17, 15) is 19.3 Å². The molecule has 2 rings (SSSR count). The van der Waals surface area contributed by atoms with Gasteiger partial charge in [-0.2, -0.15) is 4.39 Å². The Morgan fingerprint density at radius 1 is 1.47 bits per heavy atom. The summed E-state index contributed by atoms with van der Waals surface area (Å²) < 4.78 is 13.4. The number of benzene rings is 1. The summed E-state index contributed by atoms with van der Waals surface area (Å²) in [7, 11) is 0. The quantitative estimate of drug-likeness (QED) is 0.659. The monoisotopic (exact) mass is 284 g/mol. The molecule has 2 aromatic rings. The molecule has 98 valence electrons. The van der Waals surface area contributed by atoms with Gasteiger partial charge in [0, 0.05) is 11.6 Å². The highest BCUT2D eigenvalue weighted by Crippen LogP contribution is 2.29. The molecule has 0 saturated carbocycles. The molecule has 0 aliphatic carbocycles. The third kappa shape index (κ3) is 2.80. The lowest BCUT2D eigenvalue weighted by molar-refractivity contribution is -0.387. The molecule has 1 aromatic heterocycles. The van der Waals surface area contributed by atoms with Gasteiger partial charge in [0.25, 0.3) is 0 Å². The number of aromatic nitrogens is 2. The van der Waals surface area contributed by atoms with Crippen molar-refractivity contribution in [2.45, 2.75) is 0 Å². The van der Waals surface area contributed by atoms with E-state index in [1.165, 1.54) is 6.07 Å². The molecule has 0 fully saturated rings. The predicted octanol–water partition coefficient (Wildman–Crippen LogP) is 2.34. The first-order chi connectivity index (χ1) is 8.97. The number of hydrogen-bond acceptors (Lipinski definition) is 6.